The Balaban J connectivity index is 2.63. The van der Waals surface area contributed by atoms with E-state index >= 15 is 0 Å². The molecule has 0 saturated carbocycles. The Morgan fingerprint density at radius 1 is 1.47 bits per heavy atom. The Kier molecular flexibility index (Phi) is 4.92. The van der Waals surface area contributed by atoms with Gasteiger partial charge >= 0.3 is 0 Å². The Bertz CT molecular complexity index is 385. The van der Waals surface area contributed by atoms with Crippen LogP contribution in [0.1, 0.15) is 5.69 Å². The van der Waals surface area contributed by atoms with Gasteiger partial charge in [0, 0.05) is 13.1 Å². The first kappa shape index (κ1) is 14.0. The van der Waals surface area contributed by atoms with Gasteiger partial charge in [0.1, 0.15) is 5.02 Å². The Morgan fingerprint density at radius 2 is 2.12 bits per heavy atom. The molecule has 1 atom stereocenters. The summed E-state index contributed by atoms with van der Waals surface area (Å²) in [5.41, 5.74) is 6.14. The number of anilines is 2. The van der Waals surface area contributed by atoms with Gasteiger partial charge in [-0.15, -0.1) is 0 Å². The van der Waals surface area contributed by atoms with Crippen LogP contribution < -0.4 is 11.1 Å². The van der Waals surface area contributed by atoms with E-state index in [9.17, 15) is 5.11 Å². The van der Waals surface area contributed by atoms with Gasteiger partial charge < -0.3 is 21.1 Å². The van der Waals surface area contributed by atoms with Crippen LogP contribution in [0.5, 0.6) is 0 Å². The number of nitrogens with zero attached hydrogens (tertiary/aromatic N) is 3. The summed E-state index contributed by atoms with van der Waals surface area (Å²) in [6, 6.07) is 0. The highest BCUT2D eigenvalue weighted by atomic mass is 35.5. The largest absolute Gasteiger partial charge is 0.390 e. The Morgan fingerprint density at radius 3 is 2.71 bits per heavy atom. The van der Waals surface area contributed by atoms with E-state index in [-0.39, 0.29) is 5.95 Å². The number of aryl methyl sites for hydroxylation is 1. The van der Waals surface area contributed by atoms with Crippen molar-refractivity contribution in [2.75, 3.05) is 38.2 Å². The topological polar surface area (TPSA) is 87.3 Å². The number of hydrogen-bond donors (Lipinski definition) is 3. The first-order valence-electron chi connectivity index (χ1n) is 5.26. The molecule has 0 aliphatic carbocycles. The van der Waals surface area contributed by atoms with Crippen LogP contribution >= 0.6 is 11.6 Å². The molecule has 1 rings (SSSR count). The lowest BCUT2D eigenvalue weighted by Crippen LogP contribution is -2.31. The van der Waals surface area contributed by atoms with Crippen LogP contribution in [0.4, 0.5) is 11.8 Å². The number of nitrogens with one attached hydrogen (secondary N) is 1. The third kappa shape index (κ3) is 4.33. The average molecular weight is 260 g/mol. The second-order valence-corrected chi connectivity index (χ2v) is 4.50. The minimum atomic E-state index is -0.502. The van der Waals surface area contributed by atoms with E-state index in [0.717, 1.165) is 0 Å². The summed E-state index contributed by atoms with van der Waals surface area (Å²) in [5.74, 6) is 0.617. The number of halogens is 1. The molecular formula is C10H18ClN5O. The van der Waals surface area contributed by atoms with Crippen LogP contribution in [-0.4, -0.2) is 53.3 Å². The van der Waals surface area contributed by atoms with Gasteiger partial charge in [-0.1, -0.05) is 11.6 Å². The van der Waals surface area contributed by atoms with E-state index in [0.29, 0.717) is 29.6 Å². The molecule has 6 nitrogen and oxygen atoms in total. The van der Waals surface area contributed by atoms with Crippen LogP contribution in [0, 0.1) is 6.92 Å². The maximum absolute atomic E-state index is 9.69. The SMILES string of the molecule is Cc1nc(N)nc(NC[C@@H](O)CN(C)C)c1Cl. The molecule has 1 aromatic heterocycles. The summed E-state index contributed by atoms with van der Waals surface area (Å²) >= 11 is 6.02. The molecule has 0 bridgehead atoms. The minimum Gasteiger partial charge on any atom is -0.390 e. The maximum atomic E-state index is 9.69. The summed E-state index contributed by atoms with van der Waals surface area (Å²) in [7, 11) is 3.78. The lowest BCUT2D eigenvalue weighted by molar-refractivity contribution is 0.148. The van der Waals surface area contributed by atoms with Gasteiger partial charge in [-0.05, 0) is 21.0 Å². The molecule has 0 aliphatic heterocycles. The van der Waals surface area contributed by atoms with E-state index in [1.54, 1.807) is 6.92 Å². The zero-order valence-electron chi connectivity index (χ0n) is 10.2. The molecule has 96 valence electrons. The van der Waals surface area contributed by atoms with Crippen LogP contribution in [-0.2, 0) is 0 Å². The van der Waals surface area contributed by atoms with Crippen molar-refractivity contribution >= 4 is 23.4 Å². The highest BCUT2D eigenvalue weighted by Gasteiger charge is 2.10. The molecule has 4 N–H and O–H groups in total. The Hall–Kier alpha value is -1.11. The monoisotopic (exact) mass is 259 g/mol. The molecule has 0 fully saturated rings. The Labute approximate surface area is 106 Å². The second kappa shape index (κ2) is 6.00. The summed E-state index contributed by atoms with van der Waals surface area (Å²) in [4.78, 5) is 9.81. The van der Waals surface area contributed by atoms with Crippen LogP contribution in [0.15, 0.2) is 0 Å². The quantitative estimate of drug-likeness (QED) is 0.708. The van der Waals surface area contributed by atoms with Crippen LogP contribution in [0.3, 0.4) is 0 Å². The molecule has 0 aromatic carbocycles. The van der Waals surface area contributed by atoms with Crippen molar-refractivity contribution in [3.63, 3.8) is 0 Å². The fraction of sp³-hybridized carbons (Fsp3) is 0.600. The molecule has 0 unspecified atom stereocenters. The van der Waals surface area contributed by atoms with Gasteiger partial charge in [0.15, 0.2) is 5.82 Å². The van der Waals surface area contributed by atoms with Gasteiger partial charge in [0.2, 0.25) is 5.95 Å². The van der Waals surface area contributed by atoms with Crippen molar-refractivity contribution < 1.29 is 5.11 Å². The number of nitrogen functional groups attached to an aromatic ring is 1. The van der Waals surface area contributed by atoms with Gasteiger partial charge in [-0.2, -0.15) is 4.98 Å². The minimum absolute atomic E-state index is 0.163. The fourth-order valence-corrected chi connectivity index (χ4v) is 1.55. The molecule has 7 heteroatoms. The lowest BCUT2D eigenvalue weighted by Gasteiger charge is -2.17. The fourth-order valence-electron chi connectivity index (χ4n) is 1.40. The van der Waals surface area contributed by atoms with Crippen molar-refractivity contribution in [3.8, 4) is 0 Å². The van der Waals surface area contributed by atoms with Gasteiger partial charge in [-0.25, -0.2) is 4.98 Å². The van der Waals surface area contributed by atoms with Crippen LogP contribution in [0.2, 0.25) is 5.02 Å². The van der Waals surface area contributed by atoms with Gasteiger partial charge in [-0.3, -0.25) is 0 Å². The first-order valence-corrected chi connectivity index (χ1v) is 5.64. The van der Waals surface area contributed by atoms with Crippen molar-refractivity contribution in [2.24, 2.45) is 0 Å². The number of aromatic nitrogens is 2. The number of hydrogen-bond acceptors (Lipinski definition) is 6. The molecular weight excluding hydrogens is 242 g/mol. The number of nitrogens with two attached hydrogens (primary N) is 1. The number of aliphatic hydroxyl groups excluding tert-OH is 1. The molecule has 0 radical (unpaired) electrons. The molecule has 0 spiro atoms. The smallest absolute Gasteiger partial charge is 0.222 e. The third-order valence-corrected chi connectivity index (χ3v) is 2.57. The summed E-state index contributed by atoms with van der Waals surface area (Å²) in [6.07, 6.45) is -0.502. The van der Waals surface area contributed by atoms with E-state index < -0.39 is 6.10 Å². The highest BCUT2D eigenvalue weighted by molar-refractivity contribution is 6.33. The van der Waals surface area contributed by atoms with Crippen molar-refractivity contribution in [2.45, 2.75) is 13.0 Å². The highest BCUT2D eigenvalue weighted by Crippen LogP contribution is 2.22. The zero-order chi connectivity index (χ0) is 13.0. The van der Waals surface area contributed by atoms with Gasteiger partial charge in [0.05, 0.1) is 11.8 Å². The zero-order valence-corrected chi connectivity index (χ0v) is 11.0. The number of likely N-dealkylation sites (N-methyl/N-ethyl adjacent to an activating group) is 1. The van der Waals surface area contributed by atoms with Crippen molar-refractivity contribution in [1.29, 1.82) is 0 Å². The van der Waals surface area contributed by atoms with Crippen LogP contribution in [0.25, 0.3) is 0 Å². The van der Waals surface area contributed by atoms with E-state index in [1.165, 1.54) is 0 Å². The number of aliphatic hydroxyl groups is 1. The standard InChI is InChI=1S/C10H18ClN5O/c1-6-8(11)9(15-10(12)14-6)13-4-7(17)5-16(2)3/h7,17H,4-5H2,1-3H3,(H3,12,13,14,15)/t7-/m1/s1. The molecule has 17 heavy (non-hydrogen) atoms. The number of rotatable bonds is 5. The van der Waals surface area contributed by atoms with E-state index in [1.807, 2.05) is 19.0 Å². The molecule has 0 aliphatic rings. The average Bonchev–Trinajstić information content (AvgIpc) is 2.20. The van der Waals surface area contributed by atoms with Crippen molar-refractivity contribution in [1.82, 2.24) is 14.9 Å². The normalized spacial score (nSPS) is 12.8. The predicted octanol–water partition coefficient (Wildman–Crippen LogP) is 0.355. The molecule has 1 heterocycles. The van der Waals surface area contributed by atoms with E-state index in [4.69, 9.17) is 17.3 Å². The third-order valence-electron chi connectivity index (χ3n) is 2.12. The lowest BCUT2D eigenvalue weighted by atomic mass is 10.3. The summed E-state index contributed by atoms with van der Waals surface area (Å²) in [5, 5.41) is 13.1. The first-order chi connectivity index (χ1) is 7.90. The van der Waals surface area contributed by atoms with Gasteiger partial charge in [0.25, 0.3) is 0 Å². The summed E-state index contributed by atoms with van der Waals surface area (Å²) < 4.78 is 0. The second-order valence-electron chi connectivity index (χ2n) is 4.13. The molecule has 1 aromatic rings. The predicted molar refractivity (Wildman–Crippen MR) is 69.2 cm³/mol. The maximum Gasteiger partial charge on any atom is 0.222 e. The van der Waals surface area contributed by atoms with Crippen molar-refractivity contribution in [3.05, 3.63) is 10.7 Å². The molecule has 0 amide bonds. The summed E-state index contributed by atoms with van der Waals surface area (Å²) in [6.45, 7) is 2.67. The van der Waals surface area contributed by atoms with E-state index in [2.05, 4.69) is 15.3 Å². The molecule has 0 saturated heterocycles.